The fraction of sp³-hybridized carbons (Fsp3) is 0.846. The maximum absolute atomic E-state index is 13.0. The van der Waals surface area contributed by atoms with E-state index in [0.717, 1.165) is 0 Å². The van der Waals surface area contributed by atoms with E-state index >= 15 is 0 Å². The second kappa shape index (κ2) is 6.82. The van der Waals surface area contributed by atoms with Crippen molar-refractivity contribution < 1.29 is 37.0 Å². The average molecular weight is 327 g/mol. The molecule has 128 valence electrons. The summed E-state index contributed by atoms with van der Waals surface area (Å²) in [5.41, 5.74) is -1.01. The van der Waals surface area contributed by atoms with Crippen LogP contribution in [0.15, 0.2) is 0 Å². The summed E-state index contributed by atoms with van der Waals surface area (Å²) in [4.78, 5) is 23.6. The van der Waals surface area contributed by atoms with Crippen molar-refractivity contribution in [3.05, 3.63) is 0 Å². The first-order valence-electron chi connectivity index (χ1n) is 6.81. The van der Waals surface area contributed by atoms with Gasteiger partial charge in [0.1, 0.15) is 5.60 Å². The third-order valence-corrected chi connectivity index (χ3v) is 2.70. The Labute approximate surface area is 126 Å². The van der Waals surface area contributed by atoms with Crippen LogP contribution in [-0.4, -0.2) is 60.6 Å². The molecule has 2 atom stereocenters. The zero-order valence-electron chi connectivity index (χ0n) is 12.9. The Balaban J connectivity index is 2.75. The highest BCUT2D eigenvalue weighted by Crippen LogP contribution is 2.37. The molecular weight excluding hydrogens is 307 g/mol. The van der Waals surface area contributed by atoms with E-state index in [0.29, 0.717) is 6.61 Å². The van der Waals surface area contributed by atoms with Crippen molar-refractivity contribution in [3.63, 3.8) is 0 Å². The number of halogens is 3. The summed E-state index contributed by atoms with van der Waals surface area (Å²) in [6.07, 6.45) is -7.86. The standard InChI is InChI=1S/C13H20F3NO5/c1-5-20-6-7-21-8-9(13(14,15)16)17(10(8)18)11(19)22-12(2,3)4/h8-9H,5-7H2,1-4H3/t8-,9-/m0/s1. The number of nitrogens with zero attached hydrogens (tertiary/aromatic N) is 1. The molecule has 0 aromatic carbocycles. The minimum Gasteiger partial charge on any atom is -0.443 e. The van der Waals surface area contributed by atoms with Gasteiger partial charge in [0, 0.05) is 6.61 Å². The molecule has 0 bridgehead atoms. The van der Waals surface area contributed by atoms with E-state index in [9.17, 15) is 22.8 Å². The quantitative estimate of drug-likeness (QED) is 0.572. The Morgan fingerprint density at radius 2 is 1.82 bits per heavy atom. The monoisotopic (exact) mass is 327 g/mol. The molecule has 1 aliphatic heterocycles. The third-order valence-electron chi connectivity index (χ3n) is 2.70. The number of alkyl halides is 3. The first-order valence-corrected chi connectivity index (χ1v) is 6.81. The number of hydrogen-bond acceptors (Lipinski definition) is 5. The SMILES string of the molecule is CCOCCO[C@@H]1C(=O)N(C(=O)OC(C)(C)C)[C@@H]1C(F)(F)F. The zero-order chi connectivity index (χ0) is 17.1. The Morgan fingerprint density at radius 3 is 2.27 bits per heavy atom. The molecule has 0 spiro atoms. The van der Waals surface area contributed by atoms with Crippen LogP contribution >= 0.6 is 0 Å². The smallest absolute Gasteiger partial charge is 0.417 e. The molecule has 0 saturated carbocycles. The first-order chi connectivity index (χ1) is 9.99. The summed E-state index contributed by atoms with van der Waals surface area (Å²) in [6, 6.07) is -2.34. The molecule has 2 amide bonds. The summed E-state index contributed by atoms with van der Waals surface area (Å²) in [7, 11) is 0. The maximum Gasteiger partial charge on any atom is 0.417 e. The van der Waals surface area contributed by atoms with Crippen LogP contribution in [0.25, 0.3) is 0 Å². The number of amides is 2. The van der Waals surface area contributed by atoms with Crippen LogP contribution in [0.4, 0.5) is 18.0 Å². The van der Waals surface area contributed by atoms with Crippen LogP contribution in [0.3, 0.4) is 0 Å². The summed E-state index contributed by atoms with van der Waals surface area (Å²) < 4.78 is 53.7. The van der Waals surface area contributed by atoms with Gasteiger partial charge in [-0.1, -0.05) is 0 Å². The van der Waals surface area contributed by atoms with Crippen LogP contribution in [0.5, 0.6) is 0 Å². The Bertz CT molecular complexity index is 419. The van der Waals surface area contributed by atoms with Crippen molar-refractivity contribution in [3.8, 4) is 0 Å². The number of carbonyl (C=O) groups is 2. The second-order valence-electron chi connectivity index (χ2n) is 5.66. The van der Waals surface area contributed by atoms with E-state index in [4.69, 9.17) is 14.2 Å². The van der Waals surface area contributed by atoms with E-state index in [1.54, 1.807) is 6.92 Å². The van der Waals surface area contributed by atoms with E-state index in [1.165, 1.54) is 20.8 Å². The topological polar surface area (TPSA) is 65.1 Å². The van der Waals surface area contributed by atoms with Crippen molar-refractivity contribution in [1.29, 1.82) is 0 Å². The van der Waals surface area contributed by atoms with Gasteiger partial charge in [0.15, 0.2) is 12.1 Å². The molecule has 9 heteroatoms. The van der Waals surface area contributed by atoms with Gasteiger partial charge in [0.25, 0.3) is 5.91 Å². The van der Waals surface area contributed by atoms with E-state index < -0.39 is 35.9 Å². The van der Waals surface area contributed by atoms with Crippen LogP contribution in [0.1, 0.15) is 27.7 Å². The van der Waals surface area contributed by atoms with Gasteiger partial charge in [-0.05, 0) is 27.7 Å². The average Bonchev–Trinajstić information content (AvgIpc) is 2.31. The van der Waals surface area contributed by atoms with E-state index in [-0.39, 0.29) is 18.1 Å². The normalized spacial score (nSPS) is 22.5. The number of carbonyl (C=O) groups excluding carboxylic acids is 2. The van der Waals surface area contributed by atoms with E-state index in [1.807, 2.05) is 0 Å². The van der Waals surface area contributed by atoms with Crippen LogP contribution in [0.2, 0.25) is 0 Å². The molecule has 1 heterocycles. The number of hydrogen-bond donors (Lipinski definition) is 0. The molecule has 6 nitrogen and oxygen atoms in total. The number of rotatable bonds is 5. The molecule has 0 aliphatic carbocycles. The Morgan fingerprint density at radius 1 is 1.23 bits per heavy atom. The van der Waals surface area contributed by atoms with Gasteiger partial charge in [-0.25, -0.2) is 9.69 Å². The van der Waals surface area contributed by atoms with Crippen LogP contribution in [-0.2, 0) is 19.0 Å². The van der Waals surface area contributed by atoms with E-state index in [2.05, 4.69) is 0 Å². The van der Waals surface area contributed by atoms with Crippen LogP contribution < -0.4 is 0 Å². The summed E-state index contributed by atoms with van der Waals surface area (Å²) in [6.45, 7) is 6.48. The van der Waals surface area contributed by atoms with Gasteiger partial charge in [0.2, 0.25) is 0 Å². The van der Waals surface area contributed by atoms with Crippen molar-refractivity contribution in [2.24, 2.45) is 0 Å². The molecule has 0 aromatic rings. The maximum atomic E-state index is 13.0. The molecule has 0 radical (unpaired) electrons. The van der Waals surface area contributed by atoms with Gasteiger partial charge < -0.3 is 14.2 Å². The highest BCUT2D eigenvalue weighted by atomic mass is 19.4. The van der Waals surface area contributed by atoms with Gasteiger partial charge >= 0.3 is 12.3 Å². The first kappa shape index (κ1) is 18.7. The Kier molecular flexibility index (Phi) is 5.80. The predicted molar refractivity (Wildman–Crippen MR) is 69.2 cm³/mol. The van der Waals surface area contributed by atoms with Gasteiger partial charge in [0.05, 0.1) is 13.2 Å². The fourth-order valence-corrected chi connectivity index (χ4v) is 1.84. The highest BCUT2D eigenvalue weighted by molar-refractivity contribution is 6.01. The minimum absolute atomic E-state index is 0.0522. The minimum atomic E-state index is -4.79. The largest absolute Gasteiger partial charge is 0.443 e. The molecule has 0 aromatic heterocycles. The summed E-state index contributed by atoms with van der Waals surface area (Å²) in [5, 5.41) is 0. The Hall–Kier alpha value is -1.35. The number of imide groups is 1. The lowest BCUT2D eigenvalue weighted by Crippen LogP contribution is -2.73. The summed E-state index contributed by atoms with van der Waals surface area (Å²) in [5.74, 6) is -1.06. The lowest BCUT2D eigenvalue weighted by molar-refractivity contribution is -0.244. The molecule has 0 N–H and O–H groups in total. The zero-order valence-corrected chi connectivity index (χ0v) is 12.9. The molecular formula is C13H20F3NO5. The second-order valence-corrected chi connectivity index (χ2v) is 5.66. The summed E-state index contributed by atoms with van der Waals surface area (Å²) >= 11 is 0. The molecule has 1 fully saturated rings. The van der Waals surface area contributed by atoms with Crippen molar-refractivity contribution >= 4 is 12.0 Å². The van der Waals surface area contributed by atoms with Crippen molar-refractivity contribution in [1.82, 2.24) is 4.90 Å². The van der Waals surface area contributed by atoms with Crippen molar-refractivity contribution in [2.75, 3.05) is 19.8 Å². The molecule has 0 unspecified atom stereocenters. The highest BCUT2D eigenvalue weighted by Gasteiger charge is 2.65. The number of ether oxygens (including phenoxy) is 3. The lowest BCUT2D eigenvalue weighted by Gasteiger charge is -2.45. The van der Waals surface area contributed by atoms with Gasteiger partial charge in [-0.15, -0.1) is 0 Å². The van der Waals surface area contributed by atoms with Crippen molar-refractivity contribution in [2.45, 2.75) is 51.6 Å². The number of likely N-dealkylation sites (tertiary alicyclic amines) is 1. The molecule has 1 rings (SSSR count). The lowest BCUT2D eigenvalue weighted by atomic mass is 9.98. The molecule has 1 aliphatic rings. The molecule has 1 saturated heterocycles. The van der Waals surface area contributed by atoms with Gasteiger partial charge in [-0.3, -0.25) is 4.79 Å². The third kappa shape index (κ3) is 4.57. The van der Waals surface area contributed by atoms with Gasteiger partial charge in [-0.2, -0.15) is 13.2 Å². The molecule has 22 heavy (non-hydrogen) atoms. The predicted octanol–water partition coefficient (Wildman–Crippen LogP) is 2.12. The fourth-order valence-electron chi connectivity index (χ4n) is 1.84. The van der Waals surface area contributed by atoms with Crippen LogP contribution in [0, 0.1) is 0 Å². The number of β-lactam (4-membered cyclic amide) rings is 1.